The fourth-order valence-electron chi connectivity index (χ4n) is 4.21. The van der Waals surface area contributed by atoms with Crippen molar-refractivity contribution in [2.45, 2.75) is 25.9 Å². The molecule has 1 amide bonds. The average Bonchev–Trinajstić information content (AvgIpc) is 3.62. The highest BCUT2D eigenvalue weighted by Gasteiger charge is 2.38. The first-order valence-electron chi connectivity index (χ1n) is 10.4. The Bertz CT molecular complexity index is 1520. The van der Waals surface area contributed by atoms with Gasteiger partial charge in [0.1, 0.15) is 6.04 Å². The first-order chi connectivity index (χ1) is 16.5. The standard InChI is InChI=1S/C21H17F2N9O2/c1-11-3-2-4-13-7-15(29-32(11)13)17-16-14(24-10-25-16)5-6-30(17)20(33)19-28-27-18(34-19)12-8-26-31(9-12)21(22)23/h2-4,7-10,17,21H,5-6H2,1H3,(H,24,25). The number of imidazole rings is 1. The first kappa shape index (κ1) is 20.2. The van der Waals surface area contributed by atoms with Crippen LogP contribution in [0.3, 0.4) is 0 Å². The molecule has 0 aliphatic carbocycles. The van der Waals surface area contributed by atoms with Crippen molar-refractivity contribution in [3.63, 3.8) is 0 Å². The Kier molecular flexibility index (Phi) is 4.50. The molecular formula is C21H17F2N9O2. The summed E-state index contributed by atoms with van der Waals surface area (Å²) in [5, 5.41) is 16.0. The summed E-state index contributed by atoms with van der Waals surface area (Å²) in [6.45, 7) is -0.486. The zero-order valence-corrected chi connectivity index (χ0v) is 17.8. The number of pyridine rings is 1. The van der Waals surface area contributed by atoms with Crippen LogP contribution >= 0.6 is 0 Å². The van der Waals surface area contributed by atoms with Crippen LogP contribution in [-0.4, -0.2) is 56.9 Å². The lowest BCUT2D eigenvalue weighted by atomic mass is 9.99. The molecule has 0 bridgehead atoms. The van der Waals surface area contributed by atoms with E-state index in [1.807, 2.05) is 35.7 Å². The molecule has 1 aliphatic rings. The molecule has 0 aromatic carbocycles. The van der Waals surface area contributed by atoms with E-state index in [2.05, 4.69) is 25.3 Å². The van der Waals surface area contributed by atoms with Gasteiger partial charge in [0.25, 0.3) is 5.89 Å². The predicted molar refractivity (Wildman–Crippen MR) is 112 cm³/mol. The largest absolute Gasteiger partial charge is 0.412 e. The van der Waals surface area contributed by atoms with E-state index in [0.717, 1.165) is 23.1 Å². The first-order valence-corrected chi connectivity index (χ1v) is 10.4. The van der Waals surface area contributed by atoms with Crippen molar-refractivity contribution in [3.8, 4) is 11.5 Å². The van der Waals surface area contributed by atoms with Gasteiger partial charge in [-0.05, 0) is 25.1 Å². The normalized spacial score (nSPS) is 15.9. The number of aryl methyl sites for hydroxylation is 1. The second-order valence-corrected chi connectivity index (χ2v) is 7.89. The molecule has 1 aliphatic heterocycles. The van der Waals surface area contributed by atoms with Gasteiger partial charge in [0, 0.05) is 30.6 Å². The minimum absolute atomic E-state index is 0.0763. The second-order valence-electron chi connectivity index (χ2n) is 7.89. The van der Waals surface area contributed by atoms with Crippen LogP contribution in [0.1, 0.15) is 46.1 Å². The molecule has 34 heavy (non-hydrogen) atoms. The van der Waals surface area contributed by atoms with Crippen LogP contribution in [0.5, 0.6) is 0 Å². The van der Waals surface area contributed by atoms with Crippen molar-refractivity contribution in [1.82, 2.24) is 44.5 Å². The number of aromatic nitrogens is 8. The third-order valence-corrected chi connectivity index (χ3v) is 5.82. The molecule has 5 aromatic rings. The summed E-state index contributed by atoms with van der Waals surface area (Å²) in [6, 6.07) is 7.17. The smallest absolute Gasteiger partial charge is 0.333 e. The van der Waals surface area contributed by atoms with Crippen molar-refractivity contribution >= 4 is 11.4 Å². The van der Waals surface area contributed by atoms with Crippen LogP contribution in [0.15, 0.2) is 47.4 Å². The van der Waals surface area contributed by atoms with Gasteiger partial charge in [0.15, 0.2) is 0 Å². The lowest BCUT2D eigenvalue weighted by Crippen LogP contribution is -2.41. The van der Waals surface area contributed by atoms with Gasteiger partial charge in [-0.1, -0.05) is 6.07 Å². The van der Waals surface area contributed by atoms with E-state index in [-0.39, 0.29) is 17.3 Å². The highest BCUT2D eigenvalue weighted by Crippen LogP contribution is 2.34. The maximum Gasteiger partial charge on any atom is 0.333 e. The Morgan fingerprint density at radius 2 is 2.18 bits per heavy atom. The molecule has 0 radical (unpaired) electrons. The zero-order valence-electron chi connectivity index (χ0n) is 17.8. The van der Waals surface area contributed by atoms with Crippen molar-refractivity contribution in [2.24, 2.45) is 0 Å². The number of nitrogens with zero attached hydrogens (tertiary/aromatic N) is 8. The third kappa shape index (κ3) is 3.16. The maximum atomic E-state index is 13.5. The molecule has 1 atom stereocenters. The Morgan fingerprint density at radius 3 is 2.97 bits per heavy atom. The number of hydrogen-bond acceptors (Lipinski definition) is 7. The molecule has 0 spiro atoms. The molecule has 0 saturated heterocycles. The van der Waals surface area contributed by atoms with E-state index >= 15 is 0 Å². The van der Waals surface area contributed by atoms with Crippen LogP contribution < -0.4 is 0 Å². The van der Waals surface area contributed by atoms with E-state index in [9.17, 15) is 13.6 Å². The summed E-state index contributed by atoms with van der Waals surface area (Å²) in [7, 11) is 0. The van der Waals surface area contributed by atoms with E-state index in [1.165, 1.54) is 6.20 Å². The zero-order chi connectivity index (χ0) is 23.4. The molecule has 11 nitrogen and oxygen atoms in total. The van der Waals surface area contributed by atoms with Gasteiger partial charge in [0.05, 0.1) is 35.0 Å². The number of fused-ring (bicyclic) bond motifs is 2. The fourth-order valence-corrected chi connectivity index (χ4v) is 4.21. The number of carbonyl (C=O) groups is 1. The summed E-state index contributed by atoms with van der Waals surface area (Å²) in [6.07, 6.45) is 4.40. The molecule has 6 heterocycles. The van der Waals surface area contributed by atoms with E-state index in [4.69, 9.17) is 9.52 Å². The molecule has 6 rings (SSSR count). The molecule has 172 valence electrons. The molecule has 0 fully saturated rings. The predicted octanol–water partition coefficient (Wildman–Crippen LogP) is 2.80. The number of carbonyl (C=O) groups excluding carboxylic acids is 1. The summed E-state index contributed by atoms with van der Waals surface area (Å²) in [4.78, 5) is 22.6. The minimum Gasteiger partial charge on any atom is -0.412 e. The highest BCUT2D eigenvalue weighted by molar-refractivity contribution is 5.90. The van der Waals surface area contributed by atoms with E-state index < -0.39 is 18.5 Å². The van der Waals surface area contributed by atoms with Crippen LogP contribution in [0.4, 0.5) is 8.78 Å². The summed E-state index contributed by atoms with van der Waals surface area (Å²) < 4.78 is 33.5. The number of hydrogen-bond donors (Lipinski definition) is 1. The van der Waals surface area contributed by atoms with Gasteiger partial charge in [-0.25, -0.2) is 14.2 Å². The molecule has 0 saturated carbocycles. The molecule has 13 heteroatoms. The van der Waals surface area contributed by atoms with Crippen LogP contribution in [0.2, 0.25) is 0 Å². The number of halogens is 2. The molecule has 5 aromatic heterocycles. The quantitative estimate of drug-likeness (QED) is 0.433. The van der Waals surface area contributed by atoms with Gasteiger partial charge in [-0.15, -0.1) is 10.2 Å². The van der Waals surface area contributed by atoms with Crippen LogP contribution in [-0.2, 0) is 6.42 Å². The number of aromatic amines is 1. The highest BCUT2D eigenvalue weighted by atomic mass is 19.3. The number of nitrogens with one attached hydrogen (secondary N) is 1. The Hall–Kier alpha value is -4.42. The molecular weight excluding hydrogens is 448 g/mol. The number of rotatable bonds is 4. The van der Waals surface area contributed by atoms with E-state index in [0.29, 0.717) is 29.0 Å². The summed E-state index contributed by atoms with van der Waals surface area (Å²) >= 11 is 0. The van der Waals surface area contributed by atoms with Gasteiger partial charge in [-0.3, -0.25) is 4.79 Å². The number of amides is 1. The van der Waals surface area contributed by atoms with Gasteiger partial charge < -0.3 is 14.3 Å². The maximum absolute atomic E-state index is 13.5. The minimum atomic E-state index is -2.80. The molecule has 1 unspecified atom stereocenters. The number of H-pyrrole nitrogens is 1. The SMILES string of the molecule is Cc1cccc2cc(C3c4nc[nH]c4CCN3C(=O)c3nnc(-c4cnn(C(F)F)c4)o3)nn12. The lowest BCUT2D eigenvalue weighted by Gasteiger charge is -2.32. The Morgan fingerprint density at radius 1 is 1.29 bits per heavy atom. The van der Waals surface area contributed by atoms with Gasteiger partial charge in [-0.2, -0.15) is 19.0 Å². The van der Waals surface area contributed by atoms with E-state index in [1.54, 1.807) is 11.2 Å². The summed E-state index contributed by atoms with van der Waals surface area (Å²) in [5.74, 6) is -0.844. The fraction of sp³-hybridized carbons (Fsp3) is 0.238. The van der Waals surface area contributed by atoms with Crippen molar-refractivity contribution < 1.29 is 18.0 Å². The van der Waals surface area contributed by atoms with Gasteiger partial charge >= 0.3 is 18.3 Å². The second kappa shape index (κ2) is 7.57. The molecule has 1 N–H and O–H groups in total. The monoisotopic (exact) mass is 465 g/mol. The third-order valence-electron chi connectivity index (χ3n) is 5.82. The van der Waals surface area contributed by atoms with Crippen molar-refractivity contribution in [3.05, 3.63) is 71.7 Å². The average molecular weight is 465 g/mol. The Balaban J connectivity index is 1.37. The summed E-state index contributed by atoms with van der Waals surface area (Å²) in [5.41, 5.74) is 4.29. The van der Waals surface area contributed by atoms with Gasteiger partial charge in [0.2, 0.25) is 0 Å². The topological polar surface area (TPSA) is 123 Å². The van der Waals surface area contributed by atoms with Crippen molar-refractivity contribution in [2.75, 3.05) is 6.54 Å². The van der Waals surface area contributed by atoms with Crippen molar-refractivity contribution in [1.29, 1.82) is 0 Å². The lowest BCUT2D eigenvalue weighted by molar-refractivity contribution is 0.0566. The Labute approximate surface area is 190 Å². The van der Waals surface area contributed by atoms with Crippen LogP contribution in [0.25, 0.3) is 17.0 Å². The number of alkyl halides is 2. The van der Waals surface area contributed by atoms with Crippen LogP contribution in [0, 0.1) is 6.92 Å².